The van der Waals surface area contributed by atoms with Gasteiger partial charge >= 0.3 is 0 Å². The van der Waals surface area contributed by atoms with Gasteiger partial charge in [0.25, 0.3) is 0 Å². The second-order valence-corrected chi connectivity index (χ2v) is 4.89. The van der Waals surface area contributed by atoms with E-state index in [2.05, 4.69) is 29.1 Å². The summed E-state index contributed by atoms with van der Waals surface area (Å²) in [7, 11) is 0. The van der Waals surface area contributed by atoms with Crippen molar-refractivity contribution in [2.75, 3.05) is 17.7 Å². The molecule has 2 heterocycles. The third-order valence-electron chi connectivity index (χ3n) is 3.10. The number of anilines is 2. The smallest absolute Gasteiger partial charge is 0.133 e. The van der Waals surface area contributed by atoms with E-state index in [1.165, 1.54) is 0 Å². The minimum Gasteiger partial charge on any atom is -0.384 e. The third-order valence-corrected chi connectivity index (χ3v) is 3.10. The molecule has 0 amide bonds. The van der Waals surface area contributed by atoms with Gasteiger partial charge in [-0.3, -0.25) is 0 Å². The van der Waals surface area contributed by atoms with E-state index in [9.17, 15) is 0 Å². The van der Waals surface area contributed by atoms with Crippen LogP contribution in [0.25, 0.3) is 0 Å². The molecular weight excluding hydrogens is 228 g/mol. The van der Waals surface area contributed by atoms with E-state index in [0.717, 1.165) is 43.9 Å². The molecule has 1 fully saturated rings. The molecule has 1 aromatic rings. The molecule has 2 unspecified atom stereocenters. The van der Waals surface area contributed by atoms with E-state index in [1.807, 2.05) is 0 Å². The first kappa shape index (κ1) is 13.1. The number of aryl methyl sites for hydroxylation is 1. The molecule has 0 spiro atoms. The lowest BCUT2D eigenvalue weighted by molar-refractivity contribution is 0.0232. The van der Waals surface area contributed by atoms with Gasteiger partial charge in [0.1, 0.15) is 17.5 Å². The first-order valence-electron chi connectivity index (χ1n) is 6.69. The Kier molecular flexibility index (Phi) is 4.36. The van der Waals surface area contributed by atoms with E-state index in [1.54, 1.807) is 6.07 Å². The highest BCUT2D eigenvalue weighted by Crippen LogP contribution is 2.18. The molecule has 2 rings (SSSR count). The van der Waals surface area contributed by atoms with Gasteiger partial charge in [0.2, 0.25) is 0 Å². The second kappa shape index (κ2) is 6.00. The molecule has 5 heteroatoms. The standard InChI is InChI=1S/C13H22N4O/c1-3-4-12-16-11(14)8-13(17-12)15-10-5-6-18-9(2)7-10/h8-10H,3-7H2,1-2H3,(H3,14,15,16,17). The Hall–Kier alpha value is -1.36. The van der Waals surface area contributed by atoms with E-state index >= 15 is 0 Å². The van der Waals surface area contributed by atoms with Crippen molar-refractivity contribution in [1.82, 2.24) is 9.97 Å². The third kappa shape index (κ3) is 3.57. The topological polar surface area (TPSA) is 73.1 Å². The van der Waals surface area contributed by atoms with Crippen LogP contribution in [-0.2, 0) is 11.2 Å². The zero-order chi connectivity index (χ0) is 13.0. The number of nitrogens with two attached hydrogens (primary N) is 1. The Morgan fingerprint density at radius 1 is 1.50 bits per heavy atom. The van der Waals surface area contributed by atoms with Crippen LogP contribution < -0.4 is 11.1 Å². The molecule has 0 radical (unpaired) electrons. The zero-order valence-corrected chi connectivity index (χ0v) is 11.1. The monoisotopic (exact) mass is 250 g/mol. The quantitative estimate of drug-likeness (QED) is 0.855. The summed E-state index contributed by atoms with van der Waals surface area (Å²) in [6.45, 7) is 5.02. The fourth-order valence-corrected chi connectivity index (χ4v) is 2.27. The van der Waals surface area contributed by atoms with Crippen LogP contribution in [0.1, 0.15) is 38.9 Å². The Balaban J connectivity index is 2.03. The SMILES string of the molecule is CCCc1nc(N)cc(NC2CCOC(C)C2)n1. The Morgan fingerprint density at radius 3 is 3.06 bits per heavy atom. The Bertz CT molecular complexity index is 397. The molecule has 100 valence electrons. The van der Waals surface area contributed by atoms with Gasteiger partial charge in [0.15, 0.2) is 0 Å². The summed E-state index contributed by atoms with van der Waals surface area (Å²) in [5.74, 6) is 2.20. The number of nitrogens with zero attached hydrogens (tertiary/aromatic N) is 2. The summed E-state index contributed by atoms with van der Waals surface area (Å²) < 4.78 is 5.53. The molecule has 0 aromatic carbocycles. The summed E-state index contributed by atoms with van der Waals surface area (Å²) in [6.07, 6.45) is 4.22. The summed E-state index contributed by atoms with van der Waals surface area (Å²) in [6, 6.07) is 2.22. The maximum absolute atomic E-state index is 5.81. The first-order valence-corrected chi connectivity index (χ1v) is 6.69. The molecule has 0 aliphatic carbocycles. The Labute approximate surface area is 108 Å². The van der Waals surface area contributed by atoms with Gasteiger partial charge in [-0.05, 0) is 26.2 Å². The number of hydrogen-bond donors (Lipinski definition) is 2. The van der Waals surface area contributed by atoms with Crippen LogP contribution in [0.5, 0.6) is 0 Å². The predicted octanol–water partition coefficient (Wildman–Crippen LogP) is 1.99. The van der Waals surface area contributed by atoms with Gasteiger partial charge in [-0.1, -0.05) is 6.92 Å². The van der Waals surface area contributed by atoms with Gasteiger partial charge < -0.3 is 15.8 Å². The normalized spacial score (nSPS) is 23.9. The highest BCUT2D eigenvalue weighted by atomic mass is 16.5. The van der Waals surface area contributed by atoms with Crippen molar-refractivity contribution in [3.8, 4) is 0 Å². The fraction of sp³-hybridized carbons (Fsp3) is 0.692. The highest BCUT2D eigenvalue weighted by Gasteiger charge is 2.19. The minimum absolute atomic E-state index is 0.311. The molecule has 3 N–H and O–H groups in total. The number of ether oxygens (including phenoxy) is 1. The molecule has 0 saturated carbocycles. The van der Waals surface area contributed by atoms with Crippen LogP contribution >= 0.6 is 0 Å². The minimum atomic E-state index is 0.311. The molecule has 1 aliphatic heterocycles. The number of nitrogen functional groups attached to an aromatic ring is 1. The second-order valence-electron chi connectivity index (χ2n) is 4.89. The molecule has 2 atom stereocenters. The van der Waals surface area contributed by atoms with Crippen LogP contribution in [0.15, 0.2) is 6.07 Å². The lowest BCUT2D eigenvalue weighted by atomic mass is 10.0. The average Bonchev–Trinajstić information content (AvgIpc) is 2.28. The van der Waals surface area contributed by atoms with Crippen LogP contribution in [0.3, 0.4) is 0 Å². The van der Waals surface area contributed by atoms with Crippen LogP contribution in [0.2, 0.25) is 0 Å². The van der Waals surface area contributed by atoms with Gasteiger partial charge in [-0.25, -0.2) is 9.97 Å². The van der Waals surface area contributed by atoms with Crippen molar-refractivity contribution >= 4 is 11.6 Å². The summed E-state index contributed by atoms with van der Waals surface area (Å²) in [5.41, 5.74) is 5.81. The average molecular weight is 250 g/mol. The first-order chi connectivity index (χ1) is 8.67. The summed E-state index contributed by atoms with van der Waals surface area (Å²) >= 11 is 0. The molecule has 5 nitrogen and oxygen atoms in total. The van der Waals surface area contributed by atoms with E-state index in [4.69, 9.17) is 10.5 Å². The maximum atomic E-state index is 5.81. The van der Waals surface area contributed by atoms with Crippen LogP contribution in [0.4, 0.5) is 11.6 Å². The highest BCUT2D eigenvalue weighted by molar-refractivity contribution is 5.45. The maximum Gasteiger partial charge on any atom is 0.133 e. The fourth-order valence-electron chi connectivity index (χ4n) is 2.27. The van der Waals surface area contributed by atoms with Crippen LogP contribution in [0, 0.1) is 0 Å². The lowest BCUT2D eigenvalue weighted by Crippen LogP contribution is -2.32. The largest absolute Gasteiger partial charge is 0.384 e. The molecule has 1 saturated heterocycles. The van der Waals surface area contributed by atoms with Gasteiger partial charge in [-0.2, -0.15) is 0 Å². The van der Waals surface area contributed by atoms with Crippen molar-refractivity contribution in [1.29, 1.82) is 0 Å². The predicted molar refractivity (Wildman–Crippen MR) is 72.5 cm³/mol. The number of nitrogens with one attached hydrogen (secondary N) is 1. The van der Waals surface area contributed by atoms with Crippen molar-refractivity contribution < 1.29 is 4.74 Å². The van der Waals surface area contributed by atoms with Gasteiger partial charge in [0, 0.05) is 25.1 Å². The molecule has 1 aliphatic rings. The van der Waals surface area contributed by atoms with Crippen LogP contribution in [-0.4, -0.2) is 28.7 Å². The van der Waals surface area contributed by atoms with Crippen molar-refractivity contribution in [3.63, 3.8) is 0 Å². The van der Waals surface area contributed by atoms with Gasteiger partial charge in [-0.15, -0.1) is 0 Å². The van der Waals surface area contributed by atoms with Crippen molar-refractivity contribution in [3.05, 3.63) is 11.9 Å². The van der Waals surface area contributed by atoms with E-state index < -0.39 is 0 Å². The molecule has 18 heavy (non-hydrogen) atoms. The van der Waals surface area contributed by atoms with Gasteiger partial charge in [0.05, 0.1) is 6.10 Å². The van der Waals surface area contributed by atoms with Crippen molar-refractivity contribution in [2.45, 2.75) is 51.7 Å². The molecular formula is C13H22N4O. The number of rotatable bonds is 4. The molecule has 0 bridgehead atoms. The summed E-state index contributed by atoms with van der Waals surface area (Å²) in [4.78, 5) is 8.73. The Morgan fingerprint density at radius 2 is 2.33 bits per heavy atom. The lowest BCUT2D eigenvalue weighted by Gasteiger charge is -2.28. The zero-order valence-electron chi connectivity index (χ0n) is 11.1. The van der Waals surface area contributed by atoms with E-state index in [-0.39, 0.29) is 0 Å². The summed E-state index contributed by atoms with van der Waals surface area (Å²) in [5, 5.41) is 3.44. The number of aromatic nitrogens is 2. The molecule has 1 aromatic heterocycles. The van der Waals surface area contributed by atoms with E-state index in [0.29, 0.717) is 18.0 Å². The number of hydrogen-bond acceptors (Lipinski definition) is 5. The van der Waals surface area contributed by atoms with Crippen molar-refractivity contribution in [2.24, 2.45) is 0 Å².